The van der Waals surface area contributed by atoms with Crippen LogP contribution >= 0.6 is 15.9 Å². The second kappa shape index (κ2) is 5.75. The van der Waals surface area contributed by atoms with Crippen LogP contribution in [0.5, 0.6) is 5.75 Å². The van der Waals surface area contributed by atoms with Crippen LogP contribution in [0.1, 0.15) is 6.92 Å². The molecule has 0 heterocycles. The third-order valence-corrected chi connectivity index (χ3v) is 2.87. The van der Waals surface area contributed by atoms with Crippen LogP contribution in [-0.2, 0) is 4.79 Å². The molecular formula is C11H15BrN2O2. The Labute approximate surface area is 103 Å². The highest BCUT2D eigenvalue weighted by Crippen LogP contribution is 2.27. The molecule has 1 amide bonds. The molecule has 1 rings (SSSR count). The van der Waals surface area contributed by atoms with E-state index in [1.54, 1.807) is 14.0 Å². The zero-order chi connectivity index (χ0) is 12.1. The molecule has 0 aliphatic heterocycles. The molecule has 16 heavy (non-hydrogen) atoms. The molecule has 0 radical (unpaired) electrons. The van der Waals surface area contributed by atoms with Gasteiger partial charge in [0.15, 0.2) is 0 Å². The molecule has 0 spiro atoms. The third kappa shape index (κ3) is 3.41. The fraction of sp³-hybridized carbons (Fsp3) is 0.364. The minimum atomic E-state index is -0.305. The van der Waals surface area contributed by atoms with E-state index in [1.165, 1.54) is 0 Å². The van der Waals surface area contributed by atoms with Crippen molar-refractivity contribution in [2.75, 3.05) is 19.0 Å². The highest BCUT2D eigenvalue weighted by molar-refractivity contribution is 9.10. The molecule has 5 heteroatoms. The number of benzene rings is 1. The number of primary amides is 1. The van der Waals surface area contributed by atoms with Crippen molar-refractivity contribution >= 4 is 27.5 Å². The van der Waals surface area contributed by atoms with Gasteiger partial charge in [0.1, 0.15) is 5.75 Å². The Bertz CT molecular complexity index is 382. The summed E-state index contributed by atoms with van der Waals surface area (Å²) in [6, 6.07) is 5.63. The first kappa shape index (κ1) is 12.8. The molecule has 0 saturated heterocycles. The topological polar surface area (TPSA) is 64.3 Å². The number of hydrogen-bond acceptors (Lipinski definition) is 3. The fourth-order valence-electron chi connectivity index (χ4n) is 1.15. The number of anilines is 1. The van der Waals surface area contributed by atoms with Crippen molar-refractivity contribution in [3.63, 3.8) is 0 Å². The average Bonchev–Trinajstić information content (AvgIpc) is 2.25. The van der Waals surface area contributed by atoms with Crippen molar-refractivity contribution < 1.29 is 9.53 Å². The van der Waals surface area contributed by atoms with Crippen LogP contribution < -0.4 is 15.8 Å². The van der Waals surface area contributed by atoms with E-state index < -0.39 is 0 Å². The number of halogens is 1. The SMILES string of the molecule is COc1ccc(NCC(C)C(N)=O)cc1Br. The first-order valence-electron chi connectivity index (χ1n) is 4.91. The predicted molar refractivity (Wildman–Crippen MR) is 67.5 cm³/mol. The highest BCUT2D eigenvalue weighted by Gasteiger charge is 2.08. The minimum Gasteiger partial charge on any atom is -0.496 e. The fourth-order valence-corrected chi connectivity index (χ4v) is 1.69. The second-order valence-electron chi connectivity index (χ2n) is 3.53. The molecule has 1 atom stereocenters. The number of rotatable bonds is 5. The van der Waals surface area contributed by atoms with Crippen LogP contribution in [0.3, 0.4) is 0 Å². The number of nitrogens with two attached hydrogens (primary N) is 1. The van der Waals surface area contributed by atoms with Gasteiger partial charge >= 0.3 is 0 Å². The monoisotopic (exact) mass is 286 g/mol. The van der Waals surface area contributed by atoms with E-state index >= 15 is 0 Å². The van der Waals surface area contributed by atoms with Gasteiger partial charge in [-0.1, -0.05) is 6.92 Å². The van der Waals surface area contributed by atoms with Crippen LogP contribution in [0, 0.1) is 5.92 Å². The largest absolute Gasteiger partial charge is 0.496 e. The standard InChI is InChI=1S/C11H15BrN2O2/c1-7(11(13)15)6-14-8-3-4-10(16-2)9(12)5-8/h3-5,7,14H,6H2,1-2H3,(H2,13,15). The molecule has 1 aromatic carbocycles. The zero-order valence-electron chi connectivity index (χ0n) is 9.29. The summed E-state index contributed by atoms with van der Waals surface area (Å²) in [5.41, 5.74) is 6.08. The predicted octanol–water partition coefficient (Wildman–Crippen LogP) is 1.99. The molecular weight excluding hydrogens is 272 g/mol. The zero-order valence-corrected chi connectivity index (χ0v) is 10.9. The number of ether oxygens (including phenoxy) is 1. The minimum absolute atomic E-state index is 0.194. The van der Waals surface area contributed by atoms with Crippen LogP contribution in [0.4, 0.5) is 5.69 Å². The van der Waals surface area contributed by atoms with Gasteiger partial charge < -0.3 is 15.8 Å². The maximum atomic E-state index is 10.8. The summed E-state index contributed by atoms with van der Waals surface area (Å²) in [7, 11) is 1.61. The lowest BCUT2D eigenvalue weighted by Crippen LogP contribution is -2.26. The summed E-state index contributed by atoms with van der Waals surface area (Å²) in [5.74, 6) is 0.273. The third-order valence-electron chi connectivity index (χ3n) is 2.25. The molecule has 0 saturated carbocycles. The van der Waals surface area contributed by atoms with Gasteiger partial charge in [-0.05, 0) is 34.1 Å². The van der Waals surface area contributed by atoms with Gasteiger partial charge in [0.2, 0.25) is 5.91 Å². The number of methoxy groups -OCH3 is 1. The summed E-state index contributed by atoms with van der Waals surface area (Å²) >= 11 is 3.39. The number of carbonyl (C=O) groups is 1. The molecule has 1 unspecified atom stereocenters. The maximum Gasteiger partial charge on any atom is 0.222 e. The summed E-state index contributed by atoms with van der Waals surface area (Å²) in [6.07, 6.45) is 0. The van der Waals surface area contributed by atoms with Crippen LogP contribution in [0.2, 0.25) is 0 Å². The van der Waals surface area contributed by atoms with E-state index in [1.807, 2.05) is 18.2 Å². The lowest BCUT2D eigenvalue weighted by Gasteiger charge is -2.11. The highest BCUT2D eigenvalue weighted by atomic mass is 79.9. The summed E-state index contributed by atoms with van der Waals surface area (Å²) in [6.45, 7) is 2.31. The molecule has 0 aliphatic rings. The molecule has 0 aliphatic carbocycles. The van der Waals surface area contributed by atoms with Crippen LogP contribution in [0.25, 0.3) is 0 Å². The smallest absolute Gasteiger partial charge is 0.222 e. The van der Waals surface area contributed by atoms with E-state index in [2.05, 4.69) is 21.2 Å². The van der Waals surface area contributed by atoms with Gasteiger partial charge in [0.25, 0.3) is 0 Å². The van der Waals surface area contributed by atoms with Crippen molar-refractivity contribution in [3.8, 4) is 5.75 Å². The molecule has 0 bridgehead atoms. The first-order valence-corrected chi connectivity index (χ1v) is 5.70. The molecule has 0 aromatic heterocycles. The maximum absolute atomic E-state index is 10.8. The van der Waals surface area contributed by atoms with E-state index in [9.17, 15) is 4.79 Å². The lowest BCUT2D eigenvalue weighted by molar-refractivity contribution is -0.120. The Balaban J connectivity index is 2.62. The van der Waals surface area contributed by atoms with Crippen molar-refractivity contribution in [2.24, 2.45) is 11.7 Å². The molecule has 3 N–H and O–H groups in total. The number of nitrogens with one attached hydrogen (secondary N) is 1. The molecule has 88 valence electrons. The van der Waals surface area contributed by atoms with Crippen molar-refractivity contribution in [2.45, 2.75) is 6.92 Å². The van der Waals surface area contributed by atoms with Crippen molar-refractivity contribution in [1.29, 1.82) is 0 Å². The van der Waals surface area contributed by atoms with E-state index in [0.29, 0.717) is 6.54 Å². The van der Waals surface area contributed by atoms with Gasteiger partial charge in [-0.3, -0.25) is 4.79 Å². The molecule has 0 fully saturated rings. The van der Waals surface area contributed by atoms with E-state index in [-0.39, 0.29) is 11.8 Å². The van der Waals surface area contributed by atoms with E-state index in [0.717, 1.165) is 15.9 Å². The quantitative estimate of drug-likeness (QED) is 0.870. The Morgan fingerprint density at radius 1 is 1.62 bits per heavy atom. The number of carbonyl (C=O) groups excluding carboxylic acids is 1. The van der Waals surface area contributed by atoms with Gasteiger partial charge in [-0.15, -0.1) is 0 Å². The molecule has 1 aromatic rings. The Morgan fingerprint density at radius 3 is 2.81 bits per heavy atom. The van der Waals surface area contributed by atoms with Gasteiger partial charge in [-0.25, -0.2) is 0 Å². The number of hydrogen-bond donors (Lipinski definition) is 2. The normalized spacial score (nSPS) is 11.9. The summed E-state index contributed by atoms with van der Waals surface area (Å²) in [5, 5.41) is 3.13. The second-order valence-corrected chi connectivity index (χ2v) is 4.39. The Hall–Kier alpha value is -1.23. The van der Waals surface area contributed by atoms with Gasteiger partial charge in [0, 0.05) is 12.2 Å². The summed E-state index contributed by atoms with van der Waals surface area (Å²) < 4.78 is 5.98. The van der Waals surface area contributed by atoms with Gasteiger partial charge in [-0.2, -0.15) is 0 Å². The molecule has 4 nitrogen and oxygen atoms in total. The average molecular weight is 287 g/mol. The first-order chi connectivity index (χ1) is 7.54. The Morgan fingerprint density at radius 2 is 2.31 bits per heavy atom. The van der Waals surface area contributed by atoms with Crippen LogP contribution in [0.15, 0.2) is 22.7 Å². The van der Waals surface area contributed by atoms with Gasteiger partial charge in [0.05, 0.1) is 17.5 Å². The lowest BCUT2D eigenvalue weighted by atomic mass is 10.1. The summed E-state index contributed by atoms with van der Waals surface area (Å²) in [4.78, 5) is 10.8. The number of amides is 1. The van der Waals surface area contributed by atoms with Crippen LogP contribution in [-0.4, -0.2) is 19.6 Å². The Kier molecular flexibility index (Phi) is 4.61. The van der Waals surface area contributed by atoms with Crippen molar-refractivity contribution in [1.82, 2.24) is 0 Å². The van der Waals surface area contributed by atoms with E-state index in [4.69, 9.17) is 10.5 Å². The van der Waals surface area contributed by atoms with Crippen molar-refractivity contribution in [3.05, 3.63) is 22.7 Å².